The number of hydrogen-bond acceptors (Lipinski definition) is 3. The second-order valence-electron chi connectivity index (χ2n) is 4.17. The normalized spacial score (nSPS) is 10.7. The first kappa shape index (κ1) is 16.1. The standard InChI is InChI=1S/C15H11BrF2N2O2/c16-10-3-1-4-11(7-10)22-9-15(21)20-19-8-12-13(17)5-2-6-14(12)18/h1-8H,9H2,(H,20,21). The number of carbonyl (C=O) groups excluding carboxylic acids is 1. The predicted octanol–water partition coefficient (Wildman–Crippen LogP) is 3.26. The third-order valence-corrected chi connectivity index (χ3v) is 3.04. The molecule has 2 aromatic carbocycles. The van der Waals surface area contributed by atoms with Crippen molar-refractivity contribution in [2.45, 2.75) is 0 Å². The van der Waals surface area contributed by atoms with Gasteiger partial charge in [0.05, 0.1) is 11.8 Å². The molecule has 2 aromatic rings. The van der Waals surface area contributed by atoms with Gasteiger partial charge in [0.15, 0.2) is 6.61 Å². The lowest BCUT2D eigenvalue weighted by Crippen LogP contribution is -2.24. The van der Waals surface area contributed by atoms with Crippen LogP contribution in [0.4, 0.5) is 8.78 Å². The summed E-state index contributed by atoms with van der Waals surface area (Å²) in [6, 6.07) is 10.4. The van der Waals surface area contributed by atoms with Gasteiger partial charge >= 0.3 is 0 Å². The Kier molecular flexibility index (Phi) is 5.60. The maximum absolute atomic E-state index is 13.3. The minimum atomic E-state index is -0.761. The van der Waals surface area contributed by atoms with Crippen LogP contribution in [-0.2, 0) is 4.79 Å². The average Bonchev–Trinajstić information content (AvgIpc) is 2.48. The molecule has 7 heteroatoms. The molecule has 0 saturated carbocycles. The number of benzene rings is 2. The lowest BCUT2D eigenvalue weighted by Gasteiger charge is -2.05. The summed E-state index contributed by atoms with van der Waals surface area (Å²) in [6.45, 7) is -0.270. The first-order valence-corrected chi connectivity index (χ1v) is 7.00. The number of hydrazone groups is 1. The molecule has 114 valence electrons. The van der Waals surface area contributed by atoms with E-state index in [9.17, 15) is 13.6 Å². The molecular weight excluding hydrogens is 358 g/mol. The molecule has 1 N–H and O–H groups in total. The number of rotatable bonds is 5. The lowest BCUT2D eigenvalue weighted by atomic mass is 10.2. The predicted molar refractivity (Wildman–Crippen MR) is 81.7 cm³/mol. The Balaban J connectivity index is 1.86. The molecule has 0 spiro atoms. The Morgan fingerprint density at radius 1 is 1.23 bits per heavy atom. The van der Waals surface area contributed by atoms with E-state index in [4.69, 9.17) is 4.74 Å². The topological polar surface area (TPSA) is 50.7 Å². The lowest BCUT2D eigenvalue weighted by molar-refractivity contribution is -0.123. The molecule has 0 bridgehead atoms. The highest BCUT2D eigenvalue weighted by atomic mass is 79.9. The van der Waals surface area contributed by atoms with Crippen LogP contribution in [0.1, 0.15) is 5.56 Å². The summed E-state index contributed by atoms with van der Waals surface area (Å²) in [5.74, 6) is -1.56. The van der Waals surface area contributed by atoms with Gasteiger partial charge in [-0.25, -0.2) is 14.2 Å². The minimum absolute atomic E-state index is 0.270. The van der Waals surface area contributed by atoms with Crippen LogP contribution in [0, 0.1) is 11.6 Å². The van der Waals surface area contributed by atoms with Crippen LogP contribution < -0.4 is 10.2 Å². The van der Waals surface area contributed by atoms with Crippen molar-refractivity contribution in [3.63, 3.8) is 0 Å². The summed E-state index contributed by atoms with van der Waals surface area (Å²) < 4.78 is 32.7. The third-order valence-electron chi connectivity index (χ3n) is 2.55. The first-order valence-electron chi connectivity index (χ1n) is 6.20. The molecule has 0 atom stereocenters. The number of ether oxygens (including phenoxy) is 1. The van der Waals surface area contributed by atoms with Gasteiger partial charge in [0, 0.05) is 4.47 Å². The molecule has 0 heterocycles. The van der Waals surface area contributed by atoms with Crippen LogP contribution in [0.15, 0.2) is 52.0 Å². The van der Waals surface area contributed by atoms with Crippen LogP contribution >= 0.6 is 15.9 Å². The molecule has 0 aliphatic rings. The second kappa shape index (κ2) is 7.65. The zero-order valence-electron chi connectivity index (χ0n) is 11.2. The van der Waals surface area contributed by atoms with E-state index >= 15 is 0 Å². The van der Waals surface area contributed by atoms with Gasteiger partial charge in [-0.1, -0.05) is 28.1 Å². The molecule has 1 amide bonds. The van der Waals surface area contributed by atoms with Crippen LogP contribution in [0.3, 0.4) is 0 Å². The molecule has 2 rings (SSSR count). The molecule has 0 aliphatic carbocycles. The maximum Gasteiger partial charge on any atom is 0.277 e. The fourth-order valence-electron chi connectivity index (χ4n) is 1.54. The molecule has 0 unspecified atom stereocenters. The SMILES string of the molecule is O=C(COc1cccc(Br)c1)NN=Cc1c(F)cccc1F. The van der Waals surface area contributed by atoms with E-state index < -0.39 is 17.5 Å². The molecule has 0 radical (unpaired) electrons. The summed E-state index contributed by atoms with van der Waals surface area (Å²) in [5.41, 5.74) is 1.81. The van der Waals surface area contributed by atoms with Crippen molar-refractivity contribution in [2.24, 2.45) is 5.10 Å². The minimum Gasteiger partial charge on any atom is -0.484 e. The van der Waals surface area contributed by atoms with E-state index in [0.29, 0.717) is 5.75 Å². The molecule has 0 aromatic heterocycles. The Morgan fingerprint density at radius 2 is 1.91 bits per heavy atom. The van der Waals surface area contributed by atoms with Crippen molar-refractivity contribution in [3.05, 3.63) is 64.1 Å². The molecular formula is C15H11BrF2N2O2. The zero-order chi connectivity index (χ0) is 15.9. The van der Waals surface area contributed by atoms with Crippen LogP contribution in [0.5, 0.6) is 5.75 Å². The number of halogens is 3. The van der Waals surface area contributed by atoms with E-state index in [1.807, 2.05) is 6.07 Å². The molecule has 4 nitrogen and oxygen atoms in total. The number of amides is 1. The molecule has 22 heavy (non-hydrogen) atoms. The summed E-state index contributed by atoms with van der Waals surface area (Å²) in [7, 11) is 0. The smallest absolute Gasteiger partial charge is 0.277 e. The van der Waals surface area contributed by atoms with Gasteiger partial charge in [0.1, 0.15) is 17.4 Å². The van der Waals surface area contributed by atoms with Gasteiger partial charge in [-0.2, -0.15) is 5.10 Å². The molecule has 0 saturated heterocycles. The number of nitrogens with one attached hydrogen (secondary N) is 1. The Morgan fingerprint density at radius 3 is 2.59 bits per heavy atom. The first-order chi connectivity index (χ1) is 10.6. The van der Waals surface area contributed by atoms with Gasteiger partial charge in [0.2, 0.25) is 0 Å². The van der Waals surface area contributed by atoms with Gasteiger partial charge < -0.3 is 4.74 Å². The number of hydrogen-bond donors (Lipinski definition) is 1. The summed E-state index contributed by atoms with van der Waals surface area (Å²) in [6.07, 6.45) is 0.904. The van der Waals surface area contributed by atoms with Gasteiger partial charge in [-0.05, 0) is 30.3 Å². The van der Waals surface area contributed by atoms with E-state index in [0.717, 1.165) is 22.8 Å². The number of carbonyl (C=O) groups is 1. The zero-order valence-corrected chi connectivity index (χ0v) is 12.8. The quantitative estimate of drug-likeness (QED) is 0.650. The van der Waals surface area contributed by atoms with E-state index in [2.05, 4.69) is 26.5 Å². The summed E-state index contributed by atoms with van der Waals surface area (Å²) in [4.78, 5) is 11.5. The Bertz CT molecular complexity index is 687. The van der Waals surface area contributed by atoms with Gasteiger partial charge in [0.25, 0.3) is 5.91 Å². The van der Waals surface area contributed by atoms with Crippen molar-refractivity contribution in [3.8, 4) is 5.75 Å². The second-order valence-corrected chi connectivity index (χ2v) is 5.09. The molecule has 0 aliphatic heterocycles. The summed E-state index contributed by atoms with van der Waals surface area (Å²) in [5, 5.41) is 3.50. The number of nitrogens with zero attached hydrogens (tertiary/aromatic N) is 1. The average molecular weight is 369 g/mol. The highest BCUT2D eigenvalue weighted by molar-refractivity contribution is 9.10. The Labute approximate surface area is 133 Å². The fraction of sp³-hybridized carbons (Fsp3) is 0.0667. The van der Waals surface area contributed by atoms with Crippen LogP contribution in [0.2, 0.25) is 0 Å². The highest BCUT2D eigenvalue weighted by Gasteiger charge is 2.06. The highest BCUT2D eigenvalue weighted by Crippen LogP contribution is 2.17. The van der Waals surface area contributed by atoms with Gasteiger partial charge in [-0.15, -0.1) is 0 Å². The summed E-state index contributed by atoms with van der Waals surface area (Å²) >= 11 is 3.28. The van der Waals surface area contributed by atoms with Gasteiger partial charge in [-0.3, -0.25) is 4.79 Å². The van der Waals surface area contributed by atoms with E-state index in [-0.39, 0.29) is 12.2 Å². The van der Waals surface area contributed by atoms with Crippen molar-refractivity contribution in [1.29, 1.82) is 0 Å². The van der Waals surface area contributed by atoms with Crippen LogP contribution in [-0.4, -0.2) is 18.7 Å². The third kappa shape index (κ3) is 4.63. The largest absolute Gasteiger partial charge is 0.484 e. The molecule has 0 fully saturated rings. The van der Waals surface area contributed by atoms with Crippen molar-refractivity contribution in [2.75, 3.05) is 6.61 Å². The fourth-order valence-corrected chi connectivity index (χ4v) is 1.92. The van der Waals surface area contributed by atoms with Crippen molar-refractivity contribution in [1.82, 2.24) is 5.43 Å². The van der Waals surface area contributed by atoms with E-state index in [1.54, 1.807) is 18.2 Å². The Hall–Kier alpha value is -2.28. The van der Waals surface area contributed by atoms with Crippen LogP contribution in [0.25, 0.3) is 0 Å². The monoisotopic (exact) mass is 368 g/mol. The van der Waals surface area contributed by atoms with Crippen molar-refractivity contribution >= 4 is 28.1 Å². The van der Waals surface area contributed by atoms with Crippen molar-refractivity contribution < 1.29 is 18.3 Å². The van der Waals surface area contributed by atoms with E-state index in [1.165, 1.54) is 6.07 Å². The maximum atomic E-state index is 13.3.